The van der Waals surface area contributed by atoms with Crippen LogP contribution in [0.4, 0.5) is 0 Å². The van der Waals surface area contributed by atoms with E-state index in [2.05, 4.69) is 15.4 Å². The van der Waals surface area contributed by atoms with Gasteiger partial charge < -0.3 is 4.74 Å². The van der Waals surface area contributed by atoms with Gasteiger partial charge in [0.1, 0.15) is 5.75 Å². The number of rotatable bonds is 5. The average Bonchev–Trinajstić information content (AvgIpc) is 2.43. The van der Waals surface area contributed by atoms with E-state index < -0.39 is 0 Å². The van der Waals surface area contributed by atoms with Crippen molar-refractivity contribution in [2.24, 2.45) is 5.84 Å². The van der Waals surface area contributed by atoms with E-state index in [1.54, 1.807) is 24.7 Å². The van der Waals surface area contributed by atoms with Crippen LogP contribution < -0.4 is 16.0 Å². The summed E-state index contributed by atoms with van der Waals surface area (Å²) in [5.41, 5.74) is 4.37. The van der Waals surface area contributed by atoms with Crippen LogP contribution in [0.5, 0.6) is 5.75 Å². The third-order valence-corrected chi connectivity index (χ3v) is 2.81. The van der Waals surface area contributed by atoms with Gasteiger partial charge in [-0.25, -0.2) is 5.43 Å². The lowest BCUT2D eigenvalue weighted by Gasteiger charge is -2.16. The van der Waals surface area contributed by atoms with Crippen molar-refractivity contribution in [2.45, 2.75) is 13.0 Å². The summed E-state index contributed by atoms with van der Waals surface area (Å²) in [5.74, 6) is 6.31. The molecule has 0 saturated carbocycles. The van der Waals surface area contributed by atoms with Crippen molar-refractivity contribution in [1.29, 1.82) is 0 Å². The molecule has 5 nitrogen and oxygen atoms in total. The van der Waals surface area contributed by atoms with Gasteiger partial charge >= 0.3 is 0 Å². The van der Waals surface area contributed by atoms with Crippen molar-refractivity contribution >= 4 is 11.6 Å². The highest BCUT2D eigenvalue weighted by atomic mass is 35.5. The average molecular weight is 279 g/mol. The van der Waals surface area contributed by atoms with Crippen molar-refractivity contribution < 1.29 is 4.74 Å². The normalized spacial score (nSPS) is 12.2. The van der Waals surface area contributed by atoms with Crippen LogP contribution in [0.15, 0.2) is 36.8 Å². The van der Waals surface area contributed by atoms with E-state index in [0.717, 1.165) is 11.3 Å². The summed E-state index contributed by atoms with van der Waals surface area (Å²) in [6.07, 6.45) is 4.97. The summed E-state index contributed by atoms with van der Waals surface area (Å²) in [6, 6.07) is 5.22. The summed E-state index contributed by atoms with van der Waals surface area (Å²) < 4.78 is 5.42. The van der Waals surface area contributed by atoms with Crippen LogP contribution in [-0.2, 0) is 0 Å². The zero-order valence-corrected chi connectivity index (χ0v) is 11.3. The summed E-state index contributed by atoms with van der Waals surface area (Å²) in [6.45, 7) is 2.51. The van der Waals surface area contributed by atoms with Crippen LogP contribution >= 0.6 is 11.6 Å². The zero-order chi connectivity index (χ0) is 13.7. The van der Waals surface area contributed by atoms with Crippen LogP contribution in [0.3, 0.4) is 0 Å². The number of hydrogen-bond acceptors (Lipinski definition) is 5. The maximum atomic E-state index is 5.83. The highest BCUT2D eigenvalue weighted by Crippen LogP contribution is 2.23. The van der Waals surface area contributed by atoms with Crippen molar-refractivity contribution in [3.8, 4) is 5.75 Å². The van der Waals surface area contributed by atoms with Crippen LogP contribution in [0.2, 0.25) is 5.02 Å². The zero-order valence-electron chi connectivity index (χ0n) is 10.5. The Morgan fingerprint density at radius 3 is 2.84 bits per heavy atom. The Bertz CT molecular complexity index is 532. The van der Waals surface area contributed by atoms with Gasteiger partial charge in [0.05, 0.1) is 29.6 Å². The molecule has 0 aliphatic carbocycles. The van der Waals surface area contributed by atoms with Gasteiger partial charge in [-0.2, -0.15) is 0 Å². The molecule has 0 fully saturated rings. The lowest BCUT2D eigenvalue weighted by Crippen LogP contribution is -2.29. The summed E-state index contributed by atoms with van der Waals surface area (Å²) >= 11 is 5.83. The van der Waals surface area contributed by atoms with Crippen LogP contribution in [0.1, 0.15) is 24.2 Å². The molecule has 0 spiro atoms. The first kappa shape index (κ1) is 13.7. The molecule has 0 aliphatic heterocycles. The van der Waals surface area contributed by atoms with Crippen molar-refractivity contribution in [3.05, 3.63) is 53.1 Å². The SMILES string of the molecule is CCOc1cncc(C(NN)c2ccc(Cl)cn2)c1. The fourth-order valence-electron chi connectivity index (χ4n) is 1.75. The molecule has 6 heteroatoms. The number of nitrogens with two attached hydrogens (primary N) is 1. The maximum Gasteiger partial charge on any atom is 0.137 e. The molecule has 2 heterocycles. The number of hydrazine groups is 1. The monoisotopic (exact) mass is 278 g/mol. The number of pyridine rings is 2. The molecule has 1 unspecified atom stereocenters. The fourth-order valence-corrected chi connectivity index (χ4v) is 1.86. The first-order valence-corrected chi connectivity index (χ1v) is 6.27. The van der Waals surface area contributed by atoms with Gasteiger partial charge in [-0.3, -0.25) is 15.8 Å². The topological polar surface area (TPSA) is 73.1 Å². The van der Waals surface area contributed by atoms with Gasteiger partial charge in [0, 0.05) is 12.4 Å². The molecule has 1 atom stereocenters. The van der Waals surface area contributed by atoms with E-state index in [0.29, 0.717) is 17.4 Å². The molecule has 3 N–H and O–H groups in total. The lowest BCUT2D eigenvalue weighted by molar-refractivity contribution is 0.338. The Morgan fingerprint density at radius 2 is 2.21 bits per heavy atom. The predicted octanol–water partition coefficient (Wildman–Crippen LogP) is 2.08. The molecule has 2 rings (SSSR count). The minimum atomic E-state index is -0.259. The number of ether oxygens (including phenoxy) is 1. The van der Waals surface area contributed by atoms with Crippen LogP contribution in [0.25, 0.3) is 0 Å². The molecular weight excluding hydrogens is 264 g/mol. The van der Waals surface area contributed by atoms with Gasteiger partial charge in [0.15, 0.2) is 0 Å². The Hall–Kier alpha value is -1.69. The molecule has 100 valence electrons. The third kappa shape index (κ3) is 3.41. The molecule has 0 saturated heterocycles. The second-order valence-corrected chi connectivity index (χ2v) is 4.32. The molecule has 0 radical (unpaired) electrons. The van der Waals surface area contributed by atoms with Crippen molar-refractivity contribution in [3.63, 3.8) is 0 Å². The number of hydrogen-bond donors (Lipinski definition) is 2. The largest absolute Gasteiger partial charge is 0.492 e. The molecule has 0 amide bonds. The van der Waals surface area contributed by atoms with E-state index in [9.17, 15) is 0 Å². The number of nitrogens with one attached hydrogen (secondary N) is 1. The van der Waals surface area contributed by atoms with E-state index >= 15 is 0 Å². The van der Waals surface area contributed by atoms with Gasteiger partial charge in [0.25, 0.3) is 0 Å². The van der Waals surface area contributed by atoms with Gasteiger partial charge in [-0.1, -0.05) is 11.6 Å². The number of nitrogens with zero attached hydrogens (tertiary/aromatic N) is 2. The number of aromatic nitrogens is 2. The van der Waals surface area contributed by atoms with E-state index in [-0.39, 0.29) is 6.04 Å². The van der Waals surface area contributed by atoms with Crippen molar-refractivity contribution in [2.75, 3.05) is 6.61 Å². The van der Waals surface area contributed by atoms with E-state index in [1.165, 1.54) is 0 Å². The quantitative estimate of drug-likeness (QED) is 0.647. The summed E-state index contributed by atoms with van der Waals surface area (Å²) in [7, 11) is 0. The molecule has 2 aromatic heterocycles. The molecule has 19 heavy (non-hydrogen) atoms. The smallest absolute Gasteiger partial charge is 0.137 e. The second kappa shape index (κ2) is 6.47. The second-order valence-electron chi connectivity index (χ2n) is 3.89. The Morgan fingerprint density at radius 1 is 1.37 bits per heavy atom. The Kier molecular flexibility index (Phi) is 4.68. The Balaban J connectivity index is 2.30. The van der Waals surface area contributed by atoms with E-state index in [1.807, 2.05) is 19.1 Å². The Labute approximate surface area is 116 Å². The summed E-state index contributed by atoms with van der Waals surface area (Å²) in [5, 5.41) is 0.584. The fraction of sp³-hybridized carbons (Fsp3) is 0.231. The van der Waals surface area contributed by atoms with Gasteiger partial charge in [-0.05, 0) is 30.7 Å². The molecule has 0 aliphatic rings. The minimum Gasteiger partial charge on any atom is -0.492 e. The molecule has 0 bridgehead atoms. The van der Waals surface area contributed by atoms with Gasteiger partial charge in [0.2, 0.25) is 0 Å². The highest BCUT2D eigenvalue weighted by molar-refractivity contribution is 6.30. The molecule has 0 aromatic carbocycles. The number of halogens is 1. The molecule has 2 aromatic rings. The van der Waals surface area contributed by atoms with Crippen LogP contribution in [-0.4, -0.2) is 16.6 Å². The minimum absolute atomic E-state index is 0.259. The van der Waals surface area contributed by atoms with Crippen molar-refractivity contribution in [1.82, 2.24) is 15.4 Å². The predicted molar refractivity (Wildman–Crippen MR) is 73.8 cm³/mol. The van der Waals surface area contributed by atoms with Crippen LogP contribution in [0, 0.1) is 0 Å². The van der Waals surface area contributed by atoms with Gasteiger partial charge in [-0.15, -0.1) is 0 Å². The highest BCUT2D eigenvalue weighted by Gasteiger charge is 2.15. The standard InChI is InChI=1S/C13H15ClN4O/c1-2-19-11-5-9(6-16-8-11)13(18-15)12-4-3-10(14)7-17-12/h3-8,13,18H,2,15H2,1H3. The molecular formula is C13H15ClN4O. The third-order valence-electron chi connectivity index (χ3n) is 2.59. The first-order chi connectivity index (χ1) is 9.24. The first-order valence-electron chi connectivity index (χ1n) is 5.90. The maximum absolute atomic E-state index is 5.83. The lowest BCUT2D eigenvalue weighted by atomic mass is 10.1. The van der Waals surface area contributed by atoms with E-state index in [4.69, 9.17) is 22.2 Å². The summed E-state index contributed by atoms with van der Waals surface area (Å²) in [4.78, 5) is 8.40.